The van der Waals surface area contributed by atoms with Gasteiger partial charge in [0.05, 0.1) is 7.37 Å². The Bertz CT molecular complexity index is 721. The number of carbonyl (C=O) groups excluding carboxylic acids is 1. The number of aliphatic carboxylic acids is 1. The van der Waals surface area contributed by atoms with Crippen LogP contribution in [0.15, 0.2) is 60.7 Å². The number of quaternary nitrogens is 1. The first-order valence-electron chi connectivity index (χ1n) is 8.30. The van der Waals surface area contributed by atoms with Gasteiger partial charge in [-0.05, 0) is 24.0 Å². The molecule has 2 rings (SSSR count). The average Bonchev–Trinajstić information content (AvgIpc) is 2.60. The van der Waals surface area contributed by atoms with Crippen LogP contribution in [0, 0.1) is 5.92 Å². The molecule has 0 heterocycles. The van der Waals surface area contributed by atoms with Gasteiger partial charge >= 0.3 is 0 Å². The second kappa shape index (κ2) is 8.95. The highest BCUT2D eigenvalue weighted by Gasteiger charge is 2.26. The van der Waals surface area contributed by atoms with Crippen LogP contribution in [0.2, 0.25) is 0 Å². The van der Waals surface area contributed by atoms with Crippen LogP contribution >= 0.6 is 7.37 Å². The second-order valence-corrected chi connectivity index (χ2v) is 8.84. The van der Waals surface area contributed by atoms with Crippen molar-refractivity contribution in [3.05, 3.63) is 71.8 Å². The molecule has 0 bridgehead atoms. The van der Waals surface area contributed by atoms with E-state index in [1.807, 2.05) is 36.4 Å². The molecule has 0 amide bonds. The van der Waals surface area contributed by atoms with E-state index in [2.05, 4.69) is 5.73 Å². The SMILES string of the molecule is [NH3+][C@H](CCc1ccccc1)P(=O)([O-])C[C@@H](Cc1ccccc1)C(=O)[O-]. The summed E-state index contributed by atoms with van der Waals surface area (Å²) in [5.74, 6) is -3.22. The van der Waals surface area contributed by atoms with Gasteiger partial charge in [0.2, 0.25) is 0 Å². The highest BCUT2D eigenvalue weighted by atomic mass is 31.2. The van der Waals surface area contributed by atoms with E-state index in [9.17, 15) is 19.4 Å². The zero-order valence-corrected chi connectivity index (χ0v) is 14.9. The van der Waals surface area contributed by atoms with Gasteiger partial charge in [0, 0.05) is 24.5 Å². The lowest BCUT2D eigenvalue weighted by atomic mass is 10.0. The van der Waals surface area contributed by atoms with Gasteiger partial charge in [0.15, 0.2) is 0 Å². The minimum Gasteiger partial charge on any atom is -0.795 e. The number of hydrogen-bond donors (Lipinski definition) is 1. The minimum absolute atomic E-state index is 0.140. The predicted octanol–water partition coefficient (Wildman–Crippen LogP) is 0.434. The van der Waals surface area contributed by atoms with Crippen molar-refractivity contribution in [3.63, 3.8) is 0 Å². The van der Waals surface area contributed by atoms with E-state index in [0.29, 0.717) is 12.8 Å². The topological polar surface area (TPSA) is 108 Å². The van der Waals surface area contributed by atoms with Gasteiger partial charge in [-0.25, -0.2) is 0 Å². The third-order valence-corrected chi connectivity index (χ3v) is 6.62. The maximum absolute atomic E-state index is 12.5. The number of carboxylic acid groups (broad SMARTS) is 1. The fraction of sp³-hybridized carbons (Fsp3) is 0.316. The van der Waals surface area contributed by atoms with Gasteiger partial charge in [0.1, 0.15) is 5.78 Å². The molecule has 6 heteroatoms. The van der Waals surface area contributed by atoms with Gasteiger partial charge < -0.3 is 25.1 Å². The van der Waals surface area contributed by atoms with Crippen molar-refractivity contribution in [2.24, 2.45) is 5.92 Å². The summed E-state index contributed by atoms with van der Waals surface area (Å²) in [6, 6.07) is 18.5. The van der Waals surface area contributed by atoms with E-state index in [-0.39, 0.29) is 6.42 Å². The van der Waals surface area contributed by atoms with E-state index in [1.54, 1.807) is 24.3 Å². The molecule has 0 fully saturated rings. The molecule has 3 N–H and O–H groups in total. The third kappa shape index (κ3) is 6.13. The van der Waals surface area contributed by atoms with Gasteiger partial charge in [-0.2, -0.15) is 0 Å². The first kappa shape index (κ1) is 19.4. The van der Waals surface area contributed by atoms with Crippen molar-refractivity contribution in [2.75, 3.05) is 6.16 Å². The Hall–Kier alpha value is -1.94. The smallest absolute Gasteiger partial charge is 0.124 e. The van der Waals surface area contributed by atoms with Crippen molar-refractivity contribution >= 4 is 13.3 Å². The number of benzene rings is 2. The Morgan fingerprint density at radius 3 is 2.04 bits per heavy atom. The Balaban J connectivity index is 1.98. The number of carboxylic acids is 1. The average molecular weight is 360 g/mol. The second-order valence-electron chi connectivity index (χ2n) is 6.29. The van der Waals surface area contributed by atoms with E-state index < -0.39 is 31.2 Å². The molecule has 5 nitrogen and oxygen atoms in total. The van der Waals surface area contributed by atoms with E-state index in [4.69, 9.17) is 0 Å². The van der Waals surface area contributed by atoms with Gasteiger partial charge in [0.25, 0.3) is 0 Å². The van der Waals surface area contributed by atoms with Crippen LogP contribution in [0.4, 0.5) is 0 Å². The standard InChI is InChI=1S/C19H24NO4P/c20-18(12-11-15-7-3-1-4-8-15)25(23,24)14-17(19(21)22)13-16-9-5-2-6-10-16/h1-10,17-18H,11-14,20H2,(H,21,22)(H,23,24)/p-1/t17-,18+/m1/s1. The van der Waals surface area contributed by atoms with Crippen LogP contribution in [-0.2, 0) is 22.2 Å². The molecular weight excluding hydrogens is 337 g/mol. The van der Waals surface area contributed by atoms with Crippen LogP contribution in [0.25, 0.3) is 0 Å². The molecule has 0 aliphatic heterocycles. The molecule has 3 atom stereocenters. The quantitative estimate of drug-likeness (QED) is 0.654. The van der Waals surface area contributed by atoms with Gasteiger partial charge in [-0.3, -0.25) is 0 Å². The van der Waals surface area contributed by atoms with Crippen molar-refractivity contribution in [3.8, 4) is 0 Å². The Morgan fingerprint density at radius 2 is 1.52 bits per heavy atom. The lowest BCUT2D eigenvalue weighted by molar-refractivity contribution is -0.402. The van der Waals surface area contributed by atoms with Crippen LogP contribution in [-0.4, -0.2) is 17.9 Å². The molecule has 0 aromatic heterocycles. The van der Waals surface area contributed by atoms with Crippen LogP contribution < -0.4 is 15.7 Å². The molecule has 2 aromatic rings. The Morgan fingerprint density at radius 1 is 1.00 bits per heavy atom. The lowest BCUT2D eigenvalue weighted by Crippen LogP contribution is -2.62. The molecule has 25 heavy (non-hydrogen) atoms. The van der Waals surface area contributed by atoms with Gasteiger partial charge in [-0.1, -0.05) is 60.7 Å². The molecular formula is C19H23NO4P-. The third-order valence-electron chi connectivity index (χ3n) is 4.30. The molecule has 0 saturated carbocycles. The first-order valence-corrected chi connectivity index (χ1v) is 10.2. The summed E-state index contributed by atoms with van der Waals surface area (Å²) in [6.45, 7) is 0. The summed E-state index contributed by atoms with van der Waals surface area (Å²) < 4.78 is 12.5. The number of hydrogen-bond acceptors (Lipinski definition) is 4. The summed E-state index contributed by atoms with van der Waals surface area (Å²) in [4.78, 5) is 23.9. The molecule has 0 aliphatic rings. The maximum Gasteiger partial charge on any atom is 0.124 e. The summed E-state index contributed by atoms with van der Waals surface area (Å²) >= 11 is 0. The highest BCUT2D eigenvalue weighted by Crippen LogP contribution is 2.42. The van der Waals surface area contributed by atoms with E-state index in [1.165, 1.54) is 0 Å². The Labute approximate surface area is 148 Å². The fourth-order valence-electron chi connectivity index (χ4n) is 2.75. The largest absolute Gasteiger partial charge is 0.795 e. The van der Waals surface area contributed by atoms with E-state index in [0.717, 1.165) is 11.1 Å². The summed E-state index contributed by atoms with van der Waals surface area (Å²) in [7, 11) is -3.95. The van der Waals surface area contributed by atoms with Crippen molar-refractivity contribution < 1.29 is 25.1 Å². The molecule has 0 saturated heterocycles. The summed E-state index contributed by atoms with van der Waals surface area (Å²) in [6.07, 6.45) is 0.680. The first-order chi connectivity index (χ1) is 11.9. The zero-order chi connectivity index (χ0) is 18.3. The molecule has 2 aromatic carbocycles. The van der Waals surface area contributed by atoms with Crippen molar-refractivity contribution in [1.82, 2.24) is 0 Å². The Kier molecular flexibility index (Phi) is 6.94. The van der Waals surface area contributed by atoms with Crippen LogP contribution in [0.1, 0.15) is 17.5 Å². The van der Waals surface area contributed by atoms with Crippen LogP contribution in [0.5, 0.6) is 0 Å². The number of aryl methyl sites for hydroxylation is 1. The van der Waals surface area contributed by atoms with E-state index >= 15 is 0 Å². The molecule has 0 aliphatic carbocycles. The fourth-order valence-corrected chi connectivity index (χ4v) is 4.47. The maximum atomic E-state index is 12.5. The number of rotatable bonds is 9. The summed E-state index contributed by atoms with van der Waals surface area (Å²) in [5.41, 5.74) is 5.57. The van der Waals surface area contributed by atoms with Crippen molar-refractivity contribution in [2.45, 2.75) is 25.0 Å². The predicted molar refractivity (Wildman–Crippen MR) is 92.6 cm³/mol. The van der Waals surface area contributed by atoms with Gasteiger partial charge in [-0.15, -0.1) is 0 Å². The lowest BCUT2D eigenvalue weighted by Gasteiger charge is -2.31. The molecule has 0 radical (unpaired) electrons. The molecule has 0 spiro atoms. The zero-order valence-electron chi connectivity index (χ0n) is 14.0. The highest BCUT2D eigenvalue weighted by molar-refractivity contribution is 7.57. The number of carbonyl (C=O) groups is 1. The molecule has 134 valence electrons. The summed E-state index contributed by atoms with van der Waals surface area (Å²) in [5, 5.41) is 11.4. The molecule has 1 unspecified atom stereocenters. The van der Waals surface area contributed by atoms with Crippen LogP contribution in [0.3, 0.4) is 0 Å². The monoisotopic (exact) mass is 360 g/mol. The minimum atomic E-state index is -3.95. The normalized spacial score (nSPS) is 15.9. The van der Waals surface area contributed by atoms with Crippen molar-refractivity contribution in [1.29, 1.82) is 0 Å².